The van der Waals surface area contributed by atoms with Crippen LogP contribution >= 0.6 is 11.6 Å². The fourth-order valence-electron chi connectivity index (χ4n) is 4.31. The third kappa shape index (κ3) is 4.84. The van der Waals surface area contributed by atoms with Crippen molar-refractivity contribution in [1.82, 2.24) is 20.3 Å². The highest BCUT2D eigenvalue weighted by atomic mass is 35.5. The molecule has 3 aromatic heterocycles. The van der Waals surface area contributed by atoms with E-state index in [9.17, 15) is 18.0 Å². The number of alkyl halides is 3. The number of para-hydroxylation sites is 1. The van der Waals surface area contributed by atoms with Gasteiger partial charge in [0.15, 0.2) is 5.75 Å². The number of amides is 1. The van der Waals surface area contributed by atoms with Crippen molar-refractivity contribution in [2.24, 2.45) is 0 Å². The molecular weight excluding hydrogens is 523 g/mol. The van der Waals surface area contributed by atoms with Gasteiger partial charge in [-0.25, -0.2) is 0 Å². The second-order valence-electron chi connectivity index (χ2n) is 8.34. The molecule has 4 heterocycles. The lowest BCUT2D eigenvalue weighted by atomic mass is 10.0. The van der Waals surface area contributed by atoms with Crippen molar-refractivity contribution >= 4 is 28.9 Å². The number of hydrogen-bond donors (Lipinski definition) is 3. The Morgan fingerprint density at radius 1 is 1.16 bits per heavy atom. The third-order valence-electron chi connectivity index (χ3n) is 6.01. The van der Waals surface area contributed by atoms with Gasteiger partial charge in [-0.2, -0.15) is 13.2 Å². The molecule has 196 valence electrons. The predicted octanol–water partition coefficient (Wildman–Crippen LogP) is 5.76. The summed E-state index contributed by atoms with van der Waals surface area (Å²) in [6, 6.07) is 8.98. The Kier molecular flexibility index (Phi) is 6.85. The van der Waals surface area contributed by atoms with Gasteiger partial charge in [0.25, 0.3) is 5.91 Å². The average molecular weight is 544 g/mol. The monoisotopic (exact) mass is 543 g/mol. The molecule has 8 nitrogen and oxygen atoms in total. The number of aromatic nitrogens is 3. The number of H-pyrrole nitrogens is 1. The number of pyridine rings is 2. The molecule has 0 bridgehead atoms. The zero-order valence-electron chi connectivity index (χ0n) is 19.9. The lowest BCUT2D eigenvalue weighted by Crippen LogP contribution is -2.31. The molecule has 1 aromatic carbocycles. The highest BCUT2D eigenvalue weighted by molar-refractivity contribution is 6.32. The van der Waals surface area contributed by atoms with E-state index in [1.165, 1.54) is 31.8 Å². The first-order chi connectivity index (χ1) is 18.3. The van der Waals surface area contributed by atoms with E-state index in [1.807, 2.05) is 0 Å². The summed E-state index contributed by atoms with van der Waals surface area (Å²) >= 11 is 6.30. The molecule has 0 saturated carbocycles. The summed E-state index contributed by atoms with van der Waals surface area (Å²) in [4.78, 5) is 24.1. The summed E-state index contributed by atoms with van der Waals surface area (Å²) in [5.74, 6) is 0.302. The number of aromatic amines is 1. The van der Waals surface area contributed by atoms with E-state index in [4.69, 9.17) is 21.1 Å². The quantitative estimate of drug-likeness (QED) is 0.274. The lowest BCUT2D eigenvalue weighted by molar-refractivity contribution is -0.138. The van der Waals surface area contributed by atoms with E-state index in [1.54, 1.807) is 24.3 Å². The molecule has 0 unspecified atom stereocenters. The summed E-state index contributed by atoms with van der Waals surface area (Å²) in [7, 11) is 1.48. The fraction of sp³-hybridized carbons (Fsp3) is 0.192. The number of ether oxygens (including phenoxy) is 2. The Morgan fingerprint density at radius 2 is 2.00 bits per heavy atom. The van der Waals surface area contributed by atoms with Gasteiger partial charge in [-0.1, -0.05) is 17.7 Å². The average Bonchev–Trinajstić information content (AvgIpc) is 3.26. The minimum absolute atomic E-state index is 0.200. The number of hydrogen-bond acceptors (Lipinski definition) is 6. The van der Waals surface area contributed by atoms with Gasteiger partial charge in [-0.05, 0) is 30.3 Å². The summed E-state index contributed by atoms with van der Waals surface area (Å²) in [6.45, 7) is 0.00543. The van der Waals surface area contributed by atoms with E-state index in [0.29, 0.717) is 57.6 Å². The van der Waals surface area contributed by atoms with Gasteiger partial charge >= 0.3 is 6.18 Å². The maximum absolute atomic E-state index is 13.5. The first kappa shape index (κ1) is 25.4. The molecule has 3 N–H and O–H groups in total. The largest absolute Gasteiger partial charge is 0.493 e. The van der Waals surface area contributed by atoms with Crippen molar-refractivity contribution in [2.75, 3.05) is 19.0 Å². The molecule has 0 saturated heterocycles. The van der Waals surface area contributed by atoms with Crippen molar-refractivity contribution < 1.29 is 27.4 Å². The number of fused-ring (bicyclic) bond motifs is 1. The zero-order chi connectivity index (χ0) is 26.9. The molecule has 0 fully saturated rings. The number of methoxy groups -OCH3 is 1. The topological polar surface area (TPSA) is 101 Å². The van der Waals surface area contributed by atoms with Crippen molar-refractivity contribution in [3.05, 3.63) is 82.5 Å². The molecule has 0 radical (unpaired) electrons. The van der Waals surface area contributed by atoms with Crippen LogP contribution in [0.4, 0.5) is 24.5 Å². The van der Waals surface area contributed by atoms with Crippen LogP contribution in [0.1, 0.15) is 27.3 Å². The van der Waals surface area contributed by atoms with Gasteiger partial charge in [0.2, 0.25) is 0 Å². The lowest BCUT2D eigenvalue weighted by Gasteiger charge is -2.17. The van der Waals surface area contributed by atoms with E-state index in [0.717, 1.165) is 6.07 Å². The number of carbonyl (C=O) groups excluding carboxylic acids is 1. The molecule has 0 spiro atoms. The molecule has 0 atom stereocenters. The number of nitrogens with zero attached hydrogens (tertiary/aromatic N) is 2. The first-order valence-electron chi connectivity index (χ1n) is 11.5. The van der Waals surface area contributed by atoms with E-state index in [2.05, 4.69) is 25.6 Å². The third-order valence-corrected chi connectivity index (χ3v) is 6.31. The Labute approximate surface area is 220 Å². The van der Waals surface area contributed by atoms with Crippen LogP contribution in [-0.2, 0) is 19.2 Å². The van der Waals surface area contributed by atoms with Crippen LogP contribution in [0.15, 0.2) is 55.0 Å². The maximum atomic E-state index is 13.5. The first-order valence-corrected chi connectivity index (χ1v) is 11.9. The minimum atomic E-state index is -4.58. The van der Waals surface area contributed by atoms with Gasteiger partial charge in [0.1, 0.15) is 12.4 Å². The number of benzene rings is 1. The molecule has 4 aromatic rings. The van der Waals surface area contributed by atoms with Gasteiger partial charge < -0.3 is 25.1 Å². The van der Waals surface area contributed by atoms with Gasteiger partial charge in [-0.3, -0.25) is 14.8 Å². The van der Waals surface area contributed by atoms with Crippen molar-refractivity contribution in [3.63, 3.8) is 0 Å². The van der Waals surface area contributed by atoms with Gasteiger partial charge in [-0.15, -0.1) is 0 Å². The van der Waals surface area contributed by atoms with Crippen LogP contribution in [0, 0.1) is 0 Å². The van der Waals surface area contributed by atoms with Gasteiger partial charge in [0, 0.05) is 36.6 Å². The van der Waals surface area contributed by atoms with E-state index < -0.39 is 18.3 Å². The molecular formula is C26H21ClF3N5O3. The molecule has 12 heteroatoms. The summed E-state index contributed by atoms with van der Waals surface area (Å²) in [5.41, 5.74) is 1.87. The second-order valence-corrected chi connectivity index (χ2v) is 8.74. The highest BCUT2D eigenvalue weighted by Crippen LogP contribution is 2.43. The standard InChI is InChI=1S/C26H21ClF3N5O3/c1-37-24-16(27)5-2-6-18(24)35-23-21-17(8-11-33-25(21)36)34-22(23)14-7-10-31-12-20(14)38-13-19-15(26(28,29)30)4-3-9-32-19/h2-7,9-10,12,34-35H,8,11,13H2,1H3,(H,33,36). The summed E-state index contributed by atoms with van der Waals surface area (Å²) in [6.07, 6.45) is 0.162. The second kappa shape index (κ2) is 10.3. The Morgan fingerprint density at radius 3 is 2.79 bits per heavy atom. The number of nitrogens with one attached hydrogen (secondary N) is 3. The Hall–Kier alpha value is -4.25. The van der Waals surface area contributed by atoms with Crippen LogP contribution in [0.2, 0.25) is 5.02 Å². The predicted molar refractivity (Wildman–Crippen MR) is 135 cm³/mol. The zero-order valence-corrected chi connectivity index (χ0v) is 20.7. The molecule has 5 rings (SSSR count). The van der Waals surface area contributed by atoms with Crippen molar-refractivity contribution in [1.29, 1.82) is 0 Å². The smallest absolute Gasteiger partial charge is 0.418 e. The molecule has 1 amide bonds. The number of anilines is 2. The molecule has 1 aliphatic rings. The fourth-order valence-corrected chi connectivity index (χ4v) is 4.57. The van der Waals surface area contributed by atoms with Crippen LogP contribution in [0.25, 0.3) is 11.3 Å². The van der Waals surface area contributed by atoms with Crippen molar-refractivity contribution in [2.45, 2.75) is 19.2 Å². The van der Waals surface area contributed by atoms with Crippen molar-refractivity contribution in [3.8, 4) is 22.8 Å². The van der Waals surface area contributed by atoms with E-state index in [-0.39, 0.29) is 17.4 Å². The van der Waals surface area contributed by atoms with Gasteiger partial charge in [0.05, 0.1) is 52.2 Å². The normalized spacial score (nSPS) is 13.0. The summed E-state index contributed by atoms with van der Waals surface area (Å²) < 4.78 is 51.6. The van der Waals surface area contributed by atoms with Crippen LogP contribution in [0.5, 0.6) is 11.5 Å². The molecule has 1 aliphatic heterocycles. The SMILES string of the molecule is COc1c(Cl)cccc1Nc1c(-c2ccncc2OCc2ncccc2C(F)(F)F)[nH]c2c1C(=O)NCC2. The molecule has 38 heavy (non-hydrogen) atoms. The Balaban J connectivity index is 1.57. The van der Waals surface area contributed by atoms with E-state index >= 15 is 0 Å². The Bertz CT molecular complexity index is 1510. The van der Waals surface area contributed by atoms with Crippen LogP contribution < -0.4 is 20.1 Å². The number of rotatable bonds is 7. The summed E-state index contributed by atoms with van der Waals surface area (Å²) in [5, 5.41) is 6.47. The minimum Gasteiger partial charge on any atom is -0.493 e. The number of halogens is 4. The van der Waals surface area contributed by atoms with Crippen LogP contribution in [-0.4, -0.2) is 34.5 Å². The maximum Gasteiger partial charge on any atom is 0.418 e. The molecule has 0 aliphatic carbocycles. The highest BCUT2D eigenvalue weighted by Gasteiger charge is 2.34. The van der Waals surface area contributed by atoms with Crippen LogP contribution in [0.3, 0.4) is 0 Å². The number of carbonyl (C=O) groups is 1.